The zero-order valence-corrected chi connectivity index (χ0v) is 18.0. The molecule has 0 aromatic heterocycles. The zero-order chi connectivity index (χ0) is 20.5. The summed E-state index contributed by atoms with van der Waals surface area (Å²) in [5, 5.41) is 9.96. The zero-order valence-electron chi connectivity index (χ0n) is 18.0. The minimum Gasteiger partial charge on any atom is -0.480 e. The molecule has 6 heteroatoms. The molecule has 1 N–H and O–H groups in total. The maximum absolute atomic E-state index is 12.1. The van der Waals surface area contributed by atoms with Crippen LogP contribution < -0.4 is 0 Å². The van der Waals surface area contributed by atoms with Crippen LogP contribution in [0.5, 0.6) is 0 Å². The minimum absolute atomic E-state index is 0.399. The van der Waals surface area contributed by atoms with Gasteiger partial charge in [-0.3, -0.25) is 9.69 Å². The molecule has 162 valence electrons. The van der Waals surface area contributed by atoms with Crippen LogP contribution in [-0.4, -0.2) is 109 Å². The van der Waals surface area contributed by atoms with Gasteiger partial charge >= 0.3 is 5.97 Å². The second-order valence-electron chi connectivity index (χ2n) is 8.61. The van der Waals surface area contributed by atoms with Gasteiger partial charge < -0.3 is 19.8 Å². The second kappa shape index (κ2) is 11.6. The van der Waals surface area contributed by atoms with E-state index < -0.39 is 12.0 Å². The van der Waals surface area contributed by atoms with Gasteiger partial charge in [0, 0.05) is 45.8 Å². The van der Waals surface area contributed by atoms with E-state index in [4.69, 9.17) is 0 Å². The largest absolute Gasteiger partial charge is 0.480 e. The van der Waals surface area contributed by atoms with E-state index in [-0.39, 0.29) is 0 Å². The Balaban J connectivity index is 1.64. The molecule has 6 nitrogen and oxygen atoms in total. The van der Waals surface area contributed by atoms with Crippen LogP contribution in [0.15, 0.2) is 30.3 Å². The number of carboxylic acids is 1. The molecule has 2 aliphatic rings. The Labute approximate surface area is 176 Å². The summed E-state index contributed by atoms with van der Waals surface area (Å²) in [6, 6.07) is 9.86. The molecule has 0 amide bonds. The van der Waals surface area contributed by atoms with Crippen molar-refractivity contribution in [2.75, 3.05) is 72.5 Å². The number of hydrogen-bond acceptors (Lipinski definition) is 5. The lowest BCUT2D eigenvalue weighted by molar-refractivity contribution is -0.143. The van der Waals surface area contributed by atoms with Crippen molar-refractivity contribution in [1.82, 2.24) is 19.6 Å². The summed E-state index contributed by atoms with van der Waals surface area (Å²) < 4.78 is 0. The van der Waals surface area contributed by atoms with Gasteiger partial charge in [0.25, 0.3) is 0 Å². The van der Waals surface area contributed by atoms with Crippen LogP contribution in [-0.2, 0) is 11.2 Å². The molecule has 0 aliphatic carbocycles. The first-order chi connectivity index (χ1) is 14.1. The third-order valence-electron chi connectivity index (χ3n) is 6.44. The molecule has 2 fully saturated rings. The Morgan fingerprint density at radius 1 is 0.862 bits per heavy atom. The number of carbonyl (C=O) groups is 1. The van der Waals surface area contributed by atoms with Crippen molar-refractivity contribution < 1.29 is 9.90 Å². The van der Waals surface area contributed by atoms with Gasteiger partial charge in [-0.05, 0) is 57.9 Å². The lowest BCUT2D eigenvalue weighted by atomic mass is 10.0. The van der Waals surface area contributed by atoms with Gasteiger partial charge in [0.2, 0.25) is 0 Å². The van der Waals surface area contributed by atoms with Gasteiger partial charge in [-0.2, -0.15) is 0 Å². The molecule has 0 radical (unpaired) electrons. The Kier molecular flexibility index (Phi) is 8.92. The van der Waals surface area contributed by atoms with E-state index in [1.165, 1.54) is 12.0 Å². The lowest BCUT2D eigenvalue weighted by Gasteiger charge is -2.36. The Morgan fingerprint density at radius 3 is 2.17 bits per heavy atom. The summed E-state index contributed by atoms with van der Waals surface area (Å²) in [4.78, 5) is 21.9. The summed E-state index contributed by atoms with van der Waals surface area (Å²) in [6.07, 6.45) is 3.72. The van der Waals surface area contributed by atoms with Gasteiger partial charge in [-0.15, -0.1) is 0 Å². The summed E-state index contributed by atoms with van der Waals surface area (Å²) in [7, 11) is 2.22. The van der Waals surface area contributed by atoms with Crippen molar-refractivity contribution in [3.8, 4) is 0 Å². The Morgan fingerprint density at radius 2 is 1.48 bits per heavy atom. The summed E-state index contributed by atoms with van der Waals surface area (Å²) in [6.45, 7) is 10.4. The van der Waals surface area contributed by atoms with Crippen LogP contribution in [0.3, 0.4) is 0 Å². The standard InChI is InChI=1S/C23H38N4O2/c1-24-11-5-12-26-18-17-25(16-15-24)13-6-14-27(20-19-26)22(23(28)29)10-9-21-7-3-2-4-8-21/h2-4,7-8,22H,5-6,9-20H2,1H3,(H,28,29). The highest BCUT2D eigenvalue weighted by atomic mass is 16.4. The Bertz CT molecular complexity index is 612. The third kappa shape index (κ3) is 7.37. The molecule has 3 rings (SSSR count). The van der Waals surface area contributed by atoms with Crippen molar-refractivity contribution in [1.29, 1.82) is 0 Å². The van der Waals surface area contributed by atoms with E-state index in [1.807, 2.05) is 18.2 Å². The number of fused-ring (bicyclic) bond motifs is 3. The molecule has 0 saturated carbocycles. The number of aryl methyl sites for hydroxylation is 1. The number of carboxylic acid groups (broad SMARTS) is 1. The highest BCUT2D eigenvalue weighted by Gasteiger charge is 2.26. The molecule has 29 heavy (non-hydrogen) atoms. The molecular weight excluding hydrogens is 364 g/mol. The summed E-state index contributed by atoms with van der Waals surface area (Å²) in [5.41, 5.74) is 1.22. The van der Waals surface area contributed by atoms with Gasteiger partial charge in [-0.25, -0.2) is 0 Å². The first-order valence-electron chi connectivity index (χ1n) is 11.3. The molecule has 1 aromatic rings. The first kappa shape index (κ1) is 22.2. The predicted octanol–water partition coefficient (Wildman–Crippen LogP) is 1.72. The summed E-state index contributed by atoms with van der Waals surface area (Å²) in [5.74, 6) is -0.677. The van der Waals surface area contributed by atoms with E-state index in [1.54, 1.807) is 0 Å². The maximum atomic E-state index is 12.1. The molecule has 0 spiro atoms. The fourth-order valence-corrected chi connectivity index (χ4v) is 4.54. The number of nitrogens with zero attached hydrogens (tertiary/aromatic N) is 4. The smallest absolute Gasteiger partial charge is 0.320 e. The second-order valence-corrected chi connectivity index (χ2v) is 8.61. The van der Waals surface area contributed by atoms with Crippen molar-refractivity contribution in [3.63, 3.8) is 0 Å². The molecule has 3 atom stereocenters. The maximum Gasteiger partial charge on any atom is 0.320 e. The SMILES string of the molecule is CN1CCCN2CCN(CCCN(C(CCc3ccccc3)C(=O)O)CC2)CC1. The predicted molar refractivity (Wildman–Crippen MR) is 117 cm³/mol. The van der Waals surface area contributed by atoms with Crippen molar-refractivity contribution in [2.45, 2.75) is 31.7 Å². The molecule has 2 saturated heterocycles. The van der Waals surface area contributed by atoms with Gasteiger partial charge in [-0.1, -0.05) is 30.3 Å². The van der Waals surface area contributed by atoms with Gasteiger partial charge in [0.15, 0.2) is 0 Å². The van der Waals surface area contributed by atoms with E-state index in [0.717, 1.165) is 78.3 Å². The van der Waals surface area contributed by atoms with Crippen LogP contribution in [0.1, 0.15) is 24.8 Å². The first-order valence-corrected chi connectivity index (χ1v) is 11.3. The van der Waals surface area contributed by atoms with Crippen LogP contribution in [0.2, 0.25) is 0 Å². The van der Waals surface area contributed by atoms with Gasteiger partial charge in [0.1, 0.15) is 6.04 Å². The highest BCUT2D eigenvalue weighted by Crippen LogP contribution is 2.13. The van der Waals surface area contributed by atoms with Gasteiger partial charge in [0.05, 0.1) is 0 Å². The number of aliphatic carboxylic acids is 1. The van der Waals surface area contributed by atoms with Crippen molar-refractivity contribution >= 4 is 5.97 Å². The molecule has 1 aromatic carbocycles. The fraction of sp³-hybridized carbons (Fsp3) is 0.696. The summed E-state index contributed by atoms with van der Waals surface area (Å²) >= 11 is 0. The topological polar surface area (TPSA) is 50.3 Å². The van der Waals surface area contributed by atoms with Crippen LogP contribution >= 0.6 is 0 Å². The lowest BCUT2D eigenvalue weighted by Crippen LogP contribution is -2.50. The number of benzene rings is 1. The number of likely N-dealkylation sites (N-methyl/N-ethyl adjacent to an activating group) is 1. The number of hydrogen-bond donors (Lipinski definition) is 1. The molecule has 2 bridgehead atoms. The molecule has 2 aliphatic heterocycles. The molecule has 3 unspecified atom stereocenters. The average molecular weight is 403 g/mol. The Hall–Kier alpha value is -1.47. The van der Waals surface area contributed by atoms with Crippen LogP contribution in [0, 0.1) is 0 Å². The van der Waals surface area contributed by atoms with Crippen molar-refractivity contribution in [3.05, 3.63) is 35.9 Å². The fourth-order valence-electron chi connectivity index (χ4n) is 4.54. The molecule has 2 heterocycles. The quantitative estimate of drug-likeness (QED) is 0.809. The highest BCUT2D eigenvalue weighted by molar-refractivity contribution is 5.73. The normalized spacial score (nSPS) is 26.7. The van der Waals surface area contributed by atoms with Crippen molar-refractivity contribution in [2.24, 2.45) is 0 Å². The van der Waals surface area contributed by atoms with Crippen LogP contribution in [0.25, 0.3) is 0 Å². The average Bonchev–Trinajstić information content (AvgIpc) is 2.72. The van der Waals surface area contributed by atoms with E-state index in [2.05, 4.69) is 38.8 Å². The minimum atomic E-state index is -0.677. The monoisotopic (exact) mass is 402 g/mol. The van der Waals surface area contributed by atoms with E-state index in [0.29, 0.717) is 6.42 Å². The van der Waals surface area contributed by atoms with E-state index in [9.17, 15) is 9.90 Å². The number of rotatable bonds is 5. The van der Waals surface area contributed by atoms with Crippen LogP contribution in [0.4, 0.5) is 0 Å². The van der Waals surface area contributed by atoms with E-state index >= 15 is 0 Å². The molecular formula is C23H38N4O2. The third-order valence-corrected chi connectivity index (χ3v) is 6.44.